The highest BCUT2D eigenvalue weighted by molar-refractivity contribution is 5.78. The second-order valence-electron chi connectivity index (χ2n) is 10.3. The number of rotatable bonds is 3. The molecule has 0 amide bonds. The minimum Gasteiger partial charge on any atom is -0.455 e. The van der Waals surface area contributed by atoms with Gasteiger partial charge in [-0.15, -0.1) is 0 Å². The zero-order chi connectivity index (χ0) is 24.2. The number of likely N-dealkylation sites (tertiary alicyclic amines) is 1. The van der Waals surface area contributed by atoms with Crippen molar-refractivity contribution in [1.29, 1.82) is 0 Å². The first kappa shape index (κ1) is 22.8. The smallest absolute Gasteiger partial charge is 0.401 e. The van der Waals surface area contributed by atoms with E-state index < -0.39 is 18.3 Å². The van der Waals surface area contributed by atoms with E-state index in [1.54, 1.807) is 17.0 Å². The molecule has 2 aromatic carbocycles. The van der Waals surface area contributed by atoms with E-state index in [4.69, 9.17) is 9.73 Å². The minimum atomic E-state index is -4.24. The van der Waals surface area contributed by atoms with Crippen molar-refractivity contribution in [2.75, 3.05) is 26.2 Å². The molecule has 186 valence electrons. The molecule has 2 aromatic rings. The van der Waals surface area contributed by atoms with E-state index in [9.17, 15) is 17.6 Å². The van der Waals surface area contributed by atoms with Gasteiger partial charge in [0.05, 0.1) is 25.2 Å². The average molecular weight is 488 g/mol. The summed E-state index contributed by atoms with van der Waals surface area (Å²) in [5.41, 5.74) is 2.58. The van der Waals surface area contributed by atoms with Gasteiger partial charge in [0, 0.05) is 19.5 Å². The number of aliphatic imine (C=N–C) groups is 1. The standard InChI is InChI=1S/C27H29F4N3O/c28-21-10-8-19(9-11-21)23-22-7-2-1-4-18(22)12-14-34(23)25-32-16-26(35-25)13-15-33(17-27(29,30)31)24(26)20-5-3-6-20/h1-2,4,7-11,20,23-24H,3,5-6,12-17H2/t23-,24?,26+/m0/s1. The lowest BCUT2D eigenvalue weighted by molar-refractivity contribution is -0.156. The van der Waals surface area contributed by atoms with Crippen LogP contribution in [0.3, 0.4) is 0 Å². The number of benzene rings is 2. The number of ether oxygens (including phenoxy) is 1. The van der Waals surface area contributed by atoms with Crippen molar-refractivity contribution >= 4 is 6.02 Å². The Morgan fingerprint density at radius 1 is 1.03 bits per heavy atom. The van der Waals surface area contributed by atoms with Crippen LogP contribution in [0.15, 0.2) is 53.5 Å². The highest BCUT2D eigenvalue weighted by Crippen LogP contribution is 2.48. The number of fused-ring (bicyclic) bond motifs is 1. The van der Waals surface area contributed by atoms with E-state index in [0.29, 0.717) is 32.1 Å². The van der Waals surface area contributed by atoms with Crippen molar-refractivity contribution < 1.29 is 22.3 Å². The maximum absolute atomic E-state index is 13.7. The molecule has 1 unspecified atom stereocenters. The lowest BCUT2D eigenvalue weighted by Crippen LogP contribution is -2.55. The number of amidine groups is 1. The topological polar surface area (TPSA) is 28.1 Å². The van der Waals surface area contributed by atoms with Crippen molar-refractivity contribution in [3.8, 4) is 0 Å². The van der Waals surface area contributed by atoms with Crippen LogP contribution in [0.25, 0.3) is 0 Å². The van der Waals surface area contributed by atoms with Gasteiger partial charge in [-0.3, -0.25) is 4.90 Å². The third-order valence-corrected chi connectivity index (χ3v) is 8.22. The predicted molar refractivity (Wildman–Crippen MR) is 125 cm³/mol. The van der Waals surface area contributed by atoms with Gasteiger partial charge in [0.2, 0.25) is 0 Å². The Hall–Kier alpha value is -2.61. The number of alkyl halides is 3. The zero-order valence-electron chi connectivity index (χ0n) is 19.5. The van der Waals surface area contributed by atoms with Crippen LogP contribution in [0, 0.1) is 11.7 Å². The van der Waals surface area contributed by atoms with Gasteiger partial charge in [-0.25, -0.2) is 9.38 Å². The molecule has 0 N–H and O–H groups in total. The Kier molecular flexibility index (Phi) is 5.55. The third kappa shape index (κ3) is 4.09. The fraction of sp³-hybridized carbons (Fsp3) is 0.519. The first-order valence-corrected chi connectivity index (χ1v) is 12.5. The predicted octanol–water partition coefficient (Wildman–Crippen LogP) is 5.33. The van der Waals surface area contributed by atoms with E-state index in [-0.39, 0.29) is 23.8 Å². The first-order chi connectivity index (χ1) is 16.8. The van der Waals surface area contributed by atoms with Crippen LogP contribution in [0.5, 0.6) is 0 Å². The summed E-state index contributed by atoms with van der Waals surface area (Å²) in [7, 11) is 0. The summed E-state index contributed by atoms with van der Waals surface area (Å²) in [5.74, 6) is -0.0822. The van der Waals surface area contributed by atoms with Crippen LogP contribution in [0.4, 0.5) is 17.6 Å². The Balaban J connectivity index is 1.31. The number of hydrogen-bond acceptors (Lipinski definition) is 4. The molecule has 2 fully saturated rings. The molecule has 8 heteroatoms. The molecule has 0 radical (unpaired) electrons. The monoisotopic (exact) mass is 487 g/mol. The molecule has 1 spiro atoms. The summed E-state index contributed by atoms with van der Waals surface area (Å²) in [6, 6.07) is 14.7. The molecule has 1 saturated heterocycles. The van der Waals surface area contributed by atoms with E-state index in [2.05, 4.69) is 17.0 Å². The fourth-order valence-corrected chi connectivity index (χ4v) is 6.50. The Morgan fingerprint density at radius 3 is 2.51 bits per heavy atom. The summed E-state index contributed by atoms with van der Waals surface area (Å²) in [5, 5.41) is 0. The molecule has 6 rings (SSSR count). The molecule has 1 saturated carbocycles. The van der Waals surface area contributed by atoms with Crippen LogP contribution >= 0.6 is 0 Å². The van der Waals surface area contributed by atoms with Crippen LogP contribution in [-0.2, 0) is 11.2 Å². The number of hydrogen-bond donors (Lipinski definition) is 0. The Bertz CT molecular complexity index is 1110. The van der Waals surface area contributed by atoms with E-state index >= 15 is 0 Å². The van der Waals surface area contributed by atoms with Crippen LogP contribution in [0.2, 0.25) is 0 Å². The lowest BCUT2D eigenvalue weighted by atomic mass is 9.73. The molecule has 4 nitrogen and oxygen atoms in total. The summed E-state index contributed by atoms with van der Waals surface area (Å²) in [6.07, 6.45) is 0.0579. The maximum Gasteiger partial charge on any atom is 0.401 e. The second-order valence-corrected chi connectivity index (χ2v) is 10.3. The molecule has 4 aliphatic rings. The van der Waals surface area contributed by atoms with Gasteiger partial charge in [0.15, 0.2) is 0 Å². The van der Waals surface area contributed by atoms with Crippen molar-refractivity contribution in [3.63, 3.8) is 0 Å². The second kappa shape index (κ2) is 8.50. The molecule has 0 aromatic heterocycles. The summed E-state index contributed by atoms with van der Waals surface area (Å²) in [6.45, 7) is 0.526. The van der Waals surface area contributed by atoms with Crippen molar-refractivity contribution in [1.82, 2.24) is 9.80 Å². The lowest BCUT2D eigenvalue weighted by Gasteiger charge is -2.44. The van der Waals surface area contributed by atoms with Crippen molar-refractivity contribution in [3.05, 3.63) is 71.0 Å². The fourth-order valence-electron chi connectivity index (χ4n) is 6.50. The molecule has 35 heavy (non-hydrogen) atoms. The van der Waals surface area contributed by atoms with Gasteiger partial charge in [-0.1, -0.05) is 42.8 Å². The number of nitrogens with zero attached hydrogens (tertiary/aromatic N) is 3. The molecule has 0 bridgehead atoms. The maximum atomic E-state index is 13.7. The normalized spacial score (nSPS) is 29.1. The summed E-state index contributed by atoms with van der Waals surface area (Å²) >= 11 is 0. The first-order valence-electron chi connectivity index (χ1n) is 12.5. The van der Waals surface area contributed by atoms with Gasteiger partial charge in [-0.05, 0) is 54.0 Å². The molecule has 3 atom stereocenters. The van der Waals surface area contributed by atoms with E-state index in [1.165, 1.54) is 17.7 Å². The largest absolute Gasteiger partial charge is 0.455 e. The van der Waals surface area contributed by atoms with Crippen LogP contribution in [0.1, 0.15) is 48.4 Å². The Labute approximate surface area is 202 Å². The minimum absolute atomic E-state index is 0.190. The summed E-state index contributed by atoms with van der Waals surface area (Å²) in [4.78, 5) is 8.53. The van der Waals surface area contributed by atoms with Gasteiger partial charge >= 0.3 is 6.18 Å². The highest BCUT2D eigenvalue weighted by atomic mass is 19.4. The van der Waals surface area contributed by atoms with Gasteiger partial charge < -0.3 is 9.64 Å². The van der Waals surface area contributed by atoms with Gasteiger partial charge in [-0.2, -0.15) is 13.2 Å². The molecule has 1 aliphatic carbocycles. The van der Waals surface area contributed by atoms with Gasteiger partial charge in [0.25, 0.3) is 6.02 Å². The van der Waals surface area contributed by atoms with Crippen LogP contribution < -0.4 is 0 Å². The van der Waals surface area contributed by atoms with Gasteiger partial charge in [0.1, 0.15) is 11.4 Å². The van der Waals surface area contributed by atoms with Crippen molar-refractivity contribution in [2.45, 2.75) is 56.0 Å². The van der Waals surface area contributed by atoms with Crippen LogP contribution in [-0.4, -0.2) is 59.8 Å². The van der Waals surface area contributed by atoms with Crippen molar-refractivity contribution in [2.24, 2.45) is 10.9 Å². The quantitative estimate of drug-likeness (QED) is 0.548. The Morgan fingerprint density at radius 2 is 1.80 bits per heavy atom. The highest BCUT2D eigenvalue weighted by Gasteiger charge is 2.58. The molecule has 3 heterocycles. The molecular weight excluding hydrogens is 458 g/mol. The molecule has 3 aliphatic heterocycles. The number of halogens is 4. The van der Waals surface area contributed by atoms with E-state index in [0.717, 1.165) is 36.8 Å². The molecular formula is C27H29F4N3O. The third-order valence-electron chi connectivity index (χ3n) is 8.22. The zero-order valence-corrected chi connectivity index (χ0v) is 19.5. The average Bonchev–Trinajstić information content (AvgIpc) is 3.37. The summed E-state index contributed by atoms with van der Waals surface area (Å²) < 4.78 is 60.5. The van der Waals surface area contributed by atoms with E-state index in [1.807, 2.05) is 12.1 Å². The SMILES string of the molecule is Fc1ccc([C@H]2c3ccccc3CCN2C2=NC[C@@]3(CCN(CC(F)(F)F)C3C3CCC3)O2)cc1.